The molecule has 1 saturated heterocycles. The monoisotopic (exact) mass is 586 g/mol. The molecule has 0 saturated carbocycles. The molecular weight excluding hydrogens is 554 g/mol. The van der Waals surface area contributed by atoms with E-state index in [1.165, 1.54) is 24.6 Å². The third-order valence-corrected chi connectivity index (χ3v) is 7.89. The highest BCUT2D eigenvalue weighted by molar-refractivity contribution is 5.99. The maximum atomic E-state index is 14.8. The number of likely N-dealkylation sites (tertiary alicyclic amines) is 1. The van der Waals surface area contributed by atoms with E-state index in [1.54, 1.807) is 43.5 Å². The van der Waals surface area contributed by atoms with Crippen molar-refractivity contribution < 1.29 is 27.8 Å². The van der Waals surface area contributed by atoms with Crippen LogP contribution in [-0.4, -0.2) is 66.1 Å². The van der Waals surface area contributed by atoms with Gasteiger partial charge in [-0.3, -0.25) is 14.7 Å². The van der Waals surface area contributed by atoms with E-state index in [-0.39, 0.29) is 36.7 Å². The van der Waals surface area contributed by atoms with E-state index in [4.69, 9.17) is 14.2 Å². The van der Waals surface area contributed by atoms with Crippen LogP contribution < -0.4 is 14.2 Å². The van der Waals surface area contributed by atoms with Crippen LogP contribution in [0.25, 0.3) is 11.3 Å². The molecule has 2 aromatic carbocycles. The summed E-state index contributed by atoms with van der Waals surface area (Å²) in [6, 6.07) is 14.4. The van der Waals surface area contributed by atoms with Crippen LogP contribution in [0, 0.1) is 11.6 Å². The average Bonchev–Trinajstić information content (AvgIpc) is 3.30. The molecule has 2 aliphatic heterocycles. The van der Waals surface area contributed by atoms with E-state index in [1.807, 2.05) is 18.2 Å². The number of halogens is 2. The van der Waals surface area contributed by atoms with Crippen molar-refractivity contribution in [3.05, 3.63) is 101 Å². The number of amides is 1. The predicted molar refractivity (Wildman–Crippen MR) is 156 cm³/mol. The van der Waals surface area contributed by atoms with Crippen molar-refractivity contribution in [3.63, 3.8) is 0 Å². The number of nitrogens with zero attached hydrogens (tertiary/aromatic N) is 4. The maximum absolute atomic E-state index is 14.8. The van der Waals surface area contributed by atoms with Crippen molar-refractivity contribution in [2.45, 2.75) is 25.9 Å². The summed E-state index contributed by atoms with van der Waals surface area (Å²) in [7, 11) is 3.13. The van der Waals surface area contributed by atoms with E-state index < -0.39 is 11.6 Å². The third kappa shape index (κ3) is 6.01. The molecule has 0 atom stereocenters. The van der Waals surface area contributed by atoms with Gasteiger partial charge in [0.15, 0.2) is 0 Å². The SMILES string of the molecule is COc1ccc(CN2Cc3nc(-c4c(F)cccc4F)cc(Cc4ccc(OCCN5CCC5)cn4)c3C2=O)c(OC)c1. The van der Waals surface area contributed by atoms with Gasteiger partial charge >= 0.3 is 0 Å². The number of carbonyl (C=O) groups excluding carboxylic acids is 1. The number of pyridine rings is 2. The van der Waals surface area contributed by atoms with Crippen LogP contribution in [0.2, 0.25) is 0 Å². The van der Waals surface area contributed by atoms with Crippen LogP contribution in [0.3, 0.4) is 0 Å². The minimum Gasteiger partial charge on any atom is -0.497 e. The quantitative estimate of drug-likeness (QED) is 0.237. The second-order valence-corrected chi connectivity index (χ2v) is 10.6. The Morgan fingerprint density at radius 3 is 2.37 bits per heavy atom. The number of rotatable bonds is 11. The van der Waals surface area contributed by atoms with Gasteiger partial charge in [-0.15, -0.1) is 0 Å². The smallest absolute Gasteiger partial charge is 0.256 e. The zero-order valence-electron chi connectivity index (χ0n) is 24.1. The first-order valence-electron chi connectivity index (χ1n) is 14.2. The lowest BCUT2D eigenvalue weighted by Crippen LogP contribution is -2.39. The molecule has 2 aromatic heterocycles. The maximum Gasteiger partial charge on any atom is 0.256 e. The highest BCUT2D eigenvalue weighted by Gasteiger charge is 2.33. The molecule has 8 nitrogen and oxygen atoms in total. The van der Waals surface area contributed by atoms with Crippen molar-refractivity contribution >= 4 is 5.91 Å². The molecule has 0 radical (unpaired) electrons. The summed E-state index contributed by atoms with van der Waals surface area (Å²) in [5, 5.41) is 0. The number of hydrogen-bond donors (Lipinski definition) is 0. The fourth-order valence-electron chi connectivity index (χ4n) is 5.46. The predicted octanol–water partition coefficient (Wildman–Crippen LogP) is 5.27. The highest BCUT2D eigenvalue weighted by Crippen LogP contribution is 2.34. The van der Waals surface area contributed by atoms with E-state index in [9.17, 15) is 13.6 Å². The molecule has 222 valence electrons. The molecule has 1 fully saturated rings. The summed E-state index contributed by atoms with van der Waals surface area (Å²) in [6.07, 6.45) is 3.16. The average molecular weight is 587 g/mol. The number of methoxy groups -OCH3 is 2. The molecule has 10 heteroatoms. The molecule has 43 heavy (non-hydrogen) atoms. The molecule has 0 spiro atoms. The second kappa shape index (κ2) is 12.3. The molecule has 4 aromatic rings. The van der Waals surface area contributed by atoms with E-state index in [2.05, 4.69) is 14.9 Å². The van der Waals surface area contributed by atoms with Crippen LogP contribution in [-0.2, 0) is 19.5 Å². The summed E-state index contributed by atoms with van der Waals surface area (Å²) < 4.78 is 46.4. The molecule has 0 N–H and O–H groups in total. The lowest BCUT2D eigenvalue weighted by molar-refractivity contribution is 0.0764. The standard InChI is InChI=1S/C33H32F2N4O4/c1-41-24-9-7-21(30(17-24)42-2)19-39-20-29-31(33(39)40)22(16-28(37-29)32-26(34)5-3-6-27(32)35)15-23-8-10-25(18-36-23)43-14-13-38-11-4-12-38/h3,5-10,16-18H,4,11-15,19-20H2,1-2H3. The van der Waals surface area contributed by atoms with Gasteiger partial charge in [0.05, 0.1) is 56.0 Å². The Morgan fingerprint density at radius 1 is 0.907 bits per heavy atom. The van der Waals surface area contributed by atoms with Crippen molar-refractivity contribution in [2.24, 2.45) is 0 Å². The lowest BCUT2D eigenvalue weighted by atomic mass is 9.98. The third-order valence-electron chi connectivity index (χ3n) is 7.89. The van der Waals surface area contributed by atoms with Gasteiger partial charge in [0.1, 0.15) is 35.5 Å². The highest BCUT2D eigenvalue weighted by atomic mass is 19.1. The zero-order valence-corrected chi connectivity index (χ0v) is 24.1. The number of fused-ring (bicyclic) bond motifs is 1. The van der Waals surface area contributed by atoms with Gasteiger partial charge in [0.25, 0.3) is 5.91 Å². The molecular formula is C33H32F2N4O4. The molecule has 0 aliphatic carbocycles. The summed E-state index contributed by atoms with van der Waals surface area (Å²) >= 11 is 0. The van der Waals surface area contributed by atoms with Gasteiger partial charge in [-0.1, -0.05) is 6.07 Å². The fourth-order valence-corrected chi connectivity index (χ4v) is 5.46. The van der Waals surface area contributed by atoms with Crippen molar-refractivity contribution in [1.29, 1.82) is 0 Å². The Bertz CT molecular complexity index is 1620. The van der Waals surface area contributed by atoms with E-state index in [0.29, 0.717) is 46.4 Å². The number of hydrogen-bond acceptors (Lipinski definition) is 7. The van der Waals surface area contributed by atoms with Crippen LogP contribution in [0.15, 0.2) is 60.8 Å². The molecule has 0 bridgehead atoms. The first kappa shape index (κ1) is 28.5. The van der Waals surface area contributed by atoms with Crippen LogP contribution in [0.1, 0.15) is 39.3 Å². The van der Waals surface area contributed by atoms with Crippen molar-refractivity contribution in [2.75, 3.05) is 40.5 Å². The van der Waals surface area contributed by atoms with Gasteiger partial charge in [-0.25, -0.2) is 13.8 Å². The summed E-state index contributed by atoms with van der Waals surface area (Å²) in [5.74, 6) is 0.218. The zero-order chi connectivity index (χ0) is 29.9. The topological polar surface area (TPSA) is 77.0 Å². The van der Waals surface area contributed by atoms with Crippen LogP contribution in [0.4, 0.5) is 8.78 Å². The first-order chi connectivity index (χ1) is 20.9. The van der Waals surface area contributed by atoms with Gasteiger partial charge in [-0.2, -0.15) is 0 Å². The number of benzene rings is 2. The summed E-state index contributed by atoms with van der Waals surface area (Å²) in [4.78, 5) is 26.9. The van der Waals surface area contributed by atoms with Gasteiger partial charge in [-0.05, 0) is 67.5 Å². The molecule has 2 aliphatic rings. The Labute approximate surface area is 248 Å². The Kier molecular flexibility index (Phi) is 8.20. The Hall–Kier alpha value is -4.57. The lowest BCUT2D eigenvalue weighted by Gasteiger charge is -2.30. The van der Waals surface area contributed by atoms with Gasteiger partial charge < -0.3 is 19.1 Å². The second-order valence-electron chi connectivity index (χ2n) is 10.6. The molecule has 4 heterocycles. The molecule has 6 rings (SSSR count). The van der Waals surface area contributed by atoms with Crippen molar-refractivity contribution in [3.8, 4) is 28.5 Å². The van der Waals surface area contributed by atoms with Gasteiger partial charge in [0.2, 0.25) is 0 Å². The van der Waals surface area contributed by atoms with Crippen molar-refractivity contribution in [1.82, 2.24) is 19.8 Å². The minimum atomic E-state index is -0.722. The number of ether oxygens (including phenoxy) is 3. The van der Waals surface area contributed by atoms with E-state index in [0.717, 1.165) is 25.2 Å². The normalized spacial score (nSPS) is 14.4. The van der Waals surface area contributed by atoms with E-state index >= 15 is 0 Å². The summed E-state index contributed by atoms with van der Waals surface area (Å²) in [6.45, 7) is 4.12. The Balaban J connectivity index is 1.29. The van der Waals surface area contributed by atoms with Crippen LogP contribution >= 0.6 is 0 Å². The minimum absolute atomic E-state index is 0.131. The Morgan fingerprint density at radius 2 is 1.70 bits per heavy atom. The molecule has 1 amide bonds. The van der Waals surface area contributed by atoms with Crippen LogP contribution in [0.5, 0.6) is 17.2 Å². The number of aromatic nitrogens is 2. The fraction of sp³-hybridized carbons (Fsp3) is 0.303. The number of carbonyl (C=O) groups is 1. The largest absolute Gasteiger partial charge is 0.497 e. The van der Waals surface area contributed by atoms with Gasteiger partial charge in [0, 0.05) is 30.3 Å². The first-order valence-corrected chi connectivity index (χ1v) is 14.2. The summed E-state index contributed by atoms with van der Waals surface area (Å²) in [5.41, 5.74) is 2.85. The molecule has 0 unspecified atom stereocenters.